The Balaban J connectivity index is 1.10. The molecule has 3 aromatic rings. The number of thiophene rings is 1. The SMILES string of the molecule is Cc1ccc2c(c1O)C[C@@H](C1CCN(CCC(C)NC(=O)c3cc4ccccc4s3)CC1)O[C@H]2CN. The van der Waals surface area contributed by atoms with Crippen LogP contribution in [0.4, 0.5) is 0 Å². The molecule has 1 fully saturated rings. The highest BCUT2D eigenvalue weighted by atomic mass is 32.1. The van der Waals surface area contributed by atoms with E-state index in [1.54, 1.807) is 11.3 Å². The van der Waals surface area contributed by atoms with Gasteiger partial charge in [-0.05, 0) is 80.8 Å². The Kier molecular flexibility index (Phi) is 7.62. The third kappa shape index (κ3) is 5.30. The van der Waals surface area contributed by atoms with Gasteiger partial charge in [-0.25, -0.2) is 0 Å². The zero-order chi connectivity index (χ0) is 25.2. The molecule has 0 radical (unpaired) electrons. The summed E-state index contributed by atoms with van der Waals surface area (Å²) >= 11 is 1.55. The lowest BCUT2D eigenvalue weighted by molar-refractivity contribution is -0.0647. The molecule has 36 heavy (non-hydrogen) atoms. The van der Waals surface area contributed by atoms with Gasteiger partial charge >= 0.3 is 0 Å². The largest absolute Gasteiger partial charge is 0.507 e. The highest BCUT2D eigenvalue weighted by molar-refractivity contribution is 7.20. The first-order valence-electron chi connectivity index (χ1n) is 13.1. The topological polar surface area (TPSA) is 87.8 Å². The summed E-state index contributed by atoms with van der Waals surface area (Å²) < 4.78 is 7.58. The number of nitrogens with two attached hydrogens (primary N) is 1. The van der Waals surface area contributed by atoms with E-state index < -0.39 is 0 Å². The van der Waals surface area contributed by atoms with Gasteiger partial charge in [0.2, 0.25) is 0 Å². The number of carbonyl (C=O) groups is 1. The van der Waals surface area contributed by atoms with E-state index in [0.29, 0.717) is 18.2 Å². The highest BCUT2D eigenvalue weighted by Gasteiger charge is 2.35. The van der Waals surface area contributed by atoms with E-state index in [0.717, 1.165) is 77.0 Å². The summed E-state index contributed by atoms with van der Waals surface area (Å²) in [6.07, 6.45) is 3.79. The normalized spacial score (nSPS) is 21.9. The first kappa shape index (κ1) is 25.2. The van der Waals surface area contributed by atoms with E-state index in [2.05, 4.69) is 29.3 Å². The van der Waals surface area contributed by atoms with Crippen LogP contribution >= 0.6 is 11.3 Å². The summed E-state index contributed by atoms with van der Waals surface area (Å²) in [5.41, 5.74) is 9.01. The van der Waals surface area contributed by atoms with Crippen LogP contribution in [0.5, 0.6) is 5.75 Å². The molecule has 6 nitrogen and oxygen atoms in total. The molecule has 5 rings (SSSR count). The van der Waals surface area contributed by atoms with E-state index in [-0.39, 0.29) is 24.2 Å². The van der Waals surface area contributed by atoms with Gasteiger partial charge in [0.1, 0.15) is 5.75 Å². The molecule has 2 aliphatic heterocycles. The van der Waals surface area contributed by atoms with Crippen LogP contribution in [0.25, 0.3) is 10.1 Å². The molecule has 1 saturated heterocycles. The lowest BCUT2D eigenvalue weighted by Crippen LogP contribution is -2.43. The van der Waals surface area contributed by atoms with Crippen molar-refractivity contribution in [3.05, 3.63) is 64.0 Å². The number of aromatic hydroxyl groups is 1. The van der Waals surface area contributed by atoms with Crippen molar-refractivity contribution in [1.29, 1.82) is 0 Å². The molecule has 0 bridgehead atoms. The number of hydrogen-bond acceptors (Lipinski definition) is 6. The van der Waals surface area contributed by atoms with Crippen molar-refractivity contribution in [2.24, 2.45) is 11.7 Å². The fraction of sp³-hybridized carbons (Fsp3) is 0.483. The van der Waals surface area contributed by atoms with Crippen LogP contribution in [-0.4, -0.2) is 54.2 Å². The molecule has 0 saturated carbocycles. The summed E-state index contributed by atoms with van der Waals surface area (Å²) in [6.45, 7) is 7.49. The number of benzene rings is 2. The number of nitrogens with one attached hydrogen (secondary N) is 1. The predicted molar refractivity (Wildman–Crippen MR) is 146 cm³/mol. The number of ether oxygens (including phenoxy) is 1. The zero-order valence-corrected chi connectivity index (χ0v) is 22.0. The predicted octanol–water partition coefficient (Wildman–Crippen LogP) is 4.78. The fourth-order valence-corrected chi connectivity index (χ4v) is 6.63. The van der Waals surface area contributed by atoms with E-state index in [1.807, 2.05) is 37.3 Å². The van der Waals surface area contributed by atoms with Gasteiger partial charge in [0, 0.05) is 35.8 Å². The lowest BCUT2D eigenvalue weighted by Gasteiger charge is -2.40. The molecule has 3 heterocycles. The van der Waals surface area contributed by atoms with Gasteiger partial charge in [-0.2, -0.15) is 0 Å². The number of likely N-dealkylation sites (tertiary alicyclic amines) is 1. The van der Waals surface area contributed by atoms with Gasteiger partial charge in [0.15, 0.2) is 0 Å². The summed E-state index contributed by atoms with van der Waals surface area (Å²) in [5, 5.41) is 15.0. The highest BCUT2D eigenvalue weighted by Crippen LogP contribution is 2.40. The molecule has 192 valence electrons. The minimum Gasteiger partial charge on any atom is -0.507 e. The minimum absolute atomic E-state index is 0.0186. The maximum atomic E-state index is 12.7. The van der Waals surface area contributed by atoms with Crippen molar-refractivity contribution in [1.82, 2.24) is 10.2 Å². The third-order valence-corrected chi connectivity index (χ3v) is 9.00. The summed E-state index contributed by atoms with van der Waals surface area (Å²) in [7, 11) is 0. The molecular weight excluding hydrogens is 470 g/mol. The number of piperidine rings is 1. The average molecular weight is 508 g/mol. The Morgan fingerprint density at radius 3 is 2.78 bits per heavy atom. The van der Waals surface area contributed by atoms with Crippen LogP contribution in [-0.2, 0) is 11.2 Å². The Hall–Kier alpha value is -2.45. The maximum Gasteiger partial charge on any atom is 0.261 e. The van der Waals surface area contributed by atoms with Gasteiger partial charge < -0.3 is 25.8 Å². The van der Waals surface area contributed by atoms with Gasteiger partial charge in [-0.1, -0.05) is 30.3 Å². The van der Waals surface area contributed by atoms with Gasteiger partial charge in [-0.3, -0.25) is 4.79 Å². The van der Waals surface area contributed by atoms with Crippen molar-refractivity contribution in [3.8, 4) is 5.75 Å². The number of amides is 1. The molecule has 1 aromatic heterocycles. The molecule has 2 aliphatic rings. The molecular formula is C29H37N3O3S. The number of aryl methyl sites for hydroxylation is 1. The van der Waals surface area contributed by atoms with Crippen LogP contribution in [0.3, 0.4) is 0 Å². The van der Waals surface area contributed by atoms with Crippen LogP contribution in [0.15, 0.2) is 42.5 Å². The number of carbonyl (C=O) groups excluding carboxylic acids is 1. The molecule has 0 aliphatic carbocycles. The van der Waals surface area contributed by atoms with Crippen molar-refractivity contribution in [2.45, 2.75) is 57.8 Å². The molecule has 1 amide bonds. The number of phenolic OH excluding ortho intramolecular Hbond substituents is 1. The van der Waals surface area contributed by atoms with E-state index in [9.17, 15) is 9.90 Å². The molecule has 2 aromatic carbocycles. The second-order valence-corrected chi connectivity index (χ2v) is 11.5. The van der Waals surface area contributed by atoms with Gasteiger partial charge in [0.05, 0.1) is 17.1 Å². The first-order chi connectivity index (χ1) is 17.4. The summed E-state index contributed by atoms with van der Waals surface area (Å²) in [6, 6.07) is 14.2. The van der Waals surface area contributed by atoms with E-state index >= 15 is 0 Å². The molecule has 3 atom stereocenters. The van der Waals surface area contributed by atoms with Crippen molar-refractivity contribution >= 4 is 27.3 Å². The van der Waals surface area contributed by atoms with Crippen LogP contribution < -0.4 is 11.1 Å². The number of phenols is 1. The molecule has 4 N–H and O–H groups in total. The van der Waals surface area contributed by atoms with Crippen molar-refractivity contribution < 1.29 is 14.6 Å². The van der Waals surface area contributed by atoms with Gasteiger partial charge in [-0.15, -0.1) is 11.3 Å². The average Bonchev–Trinajstić information content (AvgIpc) is 3.34. The monoisotopic (exact) mass is 507 g/mol. The minimum atomic E-state index is -0.145. The maximum absolute atomic E-state index is 12.7. The number of fused-ring (bicyclic) bond motifs is 2. The van der Waals surface area contributed by atoms with Crippen LogP contribution in [0.1, 0.15) is 58.7 Å². The third-order valence-electron chi connectivity index (χ3n) is 7.89. The Morgan fingerprint density at radius 1 is 1.25 bits per heavy atom. The number of hydrogen-bond donors (Lipinski definition) is 3. The second-order valence-electron chi connectivity index (χ2n) is 10.4. The molecule has 0 spiro atoms. The molecule has 1 unspecified atom stereocenters. The number of rotatable bonds is 7. The van der Waals surface area contributed by atoms with Crippen molar-refractivity contribution in [3.63, 3.8) is 0 Å². The summed E-state index contributed by atoms with van der Waals surface area (Å²) in [4.78, 5) is 16.0. The standard InChI is InChI=1S/C29H37N3O3S/c1-18-7-8-22-23(28(18)33)16-24(35-25(22)17-30)20-10-13-32(14-11-20)12-9-19(2)31-29(34)27-15-21-5-3-4-6-26(21)36-27/h3-8,15,19-20,24-25,33H,9-14,16-17,30H2,1-2H3,(H,31,34)/t19?,24-,25-/m0/s1. The van der Waals surface area contributed by atoms with E-state index in [1.165, 1.54) is 0 Å². The van der Waals surface area contributed by atoms with Crippen LogP contribution in [0, 0.1) is 12.8 Å². The van der Waals surface area contributed by atoms with Gasteiger partial charge in [0.25, 0.3) is 5.91 Å². The Labute approximate surface area is 217 Å². The van der Waals surface area contributed by atoms with Crippen molar-refractivity contribution in [2.75, 3.05) is 26.2 Å². The lowest BCUT2D eigenvalue weighted by atomic mass is 9.83. The summed E-state index contributed by atoms with van der Waals surface area (Å²) in [5.74, 6) is 0.891. The Bertz CT molecular complexity index is 1180. The number of nitrogens with zero attached hydrogens (tertiary/aromatic N) is 1. The quantitative estimate of drug-likeness (QED) is 0.429. The van der Waals surface area contributed by atoms with Crippen LogP contribution in [0.2, 0.25) is 0 Å². The Morgan fingerprint density at radius 2 is 2.03 bits per heavy atom. The second kappa shape index (κ2) is 10.9. The smallest absolute Gasteiger partial charge is 0.261 e. The first-order valence-corrected chi connectivity index (χ1v) is 13.9. The zero-order valence-electron chi connectivity index (χ0n) is 21.2. The fourth-order valence-electron chi connectivity index (χ4n) is 5.66. The molecule has 7 heteroatoms. The van der Waals surface area contributed by atoms with E-state index in [4.69, 9.17) is 10.5 Å².